The summed E-state index contributed by atoms with van der Waals surface area (Å²) >= 11 is 2.18. The molecular formula is C11H14INO3. The molecule has 0 heterocycles. The molecule has 1 aromatic carbocycles. The van der Waals surface area contributed by atoms with E-state index in [-0.39, 0.29) is 12.5 Å². The molecule has 0 aliphatic rings. The van der Waals surface area contributed by atoms with E-state index in [9.17, 15) is 4.79 Å². The first kappa shape index (κ1) is 13.1. The second-order valence-electron chi connectivity index (χ2n) is 3.01. The Kier molecular flexibility index (Phi) is 5.37. The van der Waals surface area contributed by atoms with E-state index >= 15 is 0 Å². The van der Waals surface area contributed by atoms with Gasteiger partial charge in [-0.3, -0.25) is 4.79 Å². The van der Waals surface area contributed by atoms with Gasteiger partial charge in [0.15, 0.2) is 0 Å². The fourth-order valence-corrected chi connectivity index (χ4v) is 1.90. The lowest BCUT2D eigenvalue weighted by Crippen LogP contribution is -2.16. The highest BCUT2D eigenvalue weighted by molar-refractivity contribution is 14.1. The summed E-state index contributed by atoms with van der Waals surface area (Å²) in [6.45, 7) is 2.37. The molecule has 0 spiro atoms. The molecule has 16 heavy (non-hydrogen) atoms. The van der Waals surface area contributed by atoms with Crippen LogP contribution in [0.3, 0.4) is 0 Å². The second kappa shape index (κ2) is 6.57. The summed E-state index contributed by atoms with van der Waals surface area (Å²) in [5.74, 6) is 0.565. The van der Waals surface area contributed by atoms with Crippen molar-refractivity contribution in [3.63, 3.8) is 0 Å². The lowest BCUT2D eigenvalue weighted by atomic mass is 10.3. The van der Waals surface area contributed by atoms with Crippen molar-refractivity contribution in [2.24, 2.45) is 0 Å². The van der Waals surface area contributed by atoms with Crippen molar-refractivity contribution in [1.29, 1.82) is 0 Å². The third-order valence-corrected chi connectivity index (χ3v) is 2.74. The van der Waals surface area contributed by atoms with E-state index < -0.39 is 0 Å². The van der Waals surface area contributed by atoms with Gasteiger partial charge in [0.25, 0.3) is 0 Å². The van der Waals surface area contributed by atoms with E-state index in [0.29, 0.717) is 6.61 Å². The third-order valence-electron chi connectivity index (χ3n) is 1.89. The van der Waals surface area contributed by atoms with Crippen molar-refractivity contribution in [3.8, 4) is 5.75 Å². The third kappa shape index (κ3) is 3.88. The number of methoxy groups -OCH3 is 1. The van der Waals surface area contributed by atoms with Crippen molar-refractivity contribution in [3.05, 3.63) is 21.8 Å². The maximum atomic E-state index is 11.1. The van der Waals surface area contributed by atoms with Crippen molar-refractivity contribution < 1.29 is 14.3 Å². The Morgan fingerprint density at radius 2 is 2.25 bits per heavy atom. The van der Waals surface area contributed by atoms with E-state index in [1.807, 2.05) is 18.2 Å². The van der Waals surface area contributed by atoms with E-state index in [1.54, 1.807) is 14.0 Å². The SMILES string of the molecule is CCOC(=O)CNc1ccc(OC)c(I)c1. The van der Waals surface area contributed by atoms with Gasteiger partial charge in [0.1, 0.15) is 12.3 Å². The Balaban J connectivity index is 2.55. The van der Waals surface area contributed by atoms with Crippen LogP contribution in [0, 0.1) is 3.57 Å². The Labute approximate surface area is 108 Å². The van der Waals surface area contributed by atoms with E-state index in [2.05, 4.69) is 27.9 Å². The molecule has 1 aromatic rings. The van der Waals surface area contributed by atoms with Gasteiger partial charge in [-0.1, -0.05) is 0 Å². The molecule has 0 amide bonds. The fourth-order valence-electron chi connectivity index (χ4n) is 1.16. The predicted octanol–water partition coefficient (Wildman–Crippen LogP) is 2.27. The zero-order valence-corrected chi connectivity index (χ0v) is 11.4. The minimum atomic E-state index is -0.256. The van der Waals surface area contributed by atoms with Crippen LogP contribution < -0.4 is 10.1 Å². The van der Waals surface area contributed by atoms with Gasteiger partial charge in [-0.05, 0) is 47.7 Å². The van der Waals surface area contributed by atoms with Gasteiger partial charge in [0.2, 0.25) is 0 Å². The van der Waals surface area contributed by atoms with E-state index in [0.717, 1.165) is 15.0 Å². The summed E-state index contributed by atoms with van der Waals surface area (Å²) in [5.41, 5.74) is 0.873. The number of esters is 1. The molecule has 0 radical (unpaired) electrons. The van der Waals surface area contributed by atoms with E-state index in [1.165, 1.54) is 0 Å². The van der Waals surface area contributed by atoms with Gasteiger partial charge in [0.05, 0.1) is 17.3 Å². The molecule has 0 bridgehead atoms. The largest absolute Gasteiger partial charge is 0.496 e. The van der Waals surface area contributed by atoms with Gasteiger partial charge < -0.3 is 14.8 Å². The average Bonchev–Trinajstić information content (AvgIpc) is 2.27. The number of hydrogen-bond acceptors (Lipinski definition) is 4. The Morgan fingerprint density at radius 3 is 2.81 bits per heavy atom. The Morgan fingerprint density at radius 1 is 1.50 bits per heavy atom. The highest BCUT2D eigenvalue weighted by Crippen LogP contribution is 2.23. The van der Waals surface area contributed by atoms with Gasteiger partial charge in [-0.25, -0.2) is 0 Å². The fraction of sp³-hybridized carbons (Fsp3) is 0.364. The molecule has 0 saturated heterocycles. The summed E-state index contributed by atoms with van der Waals surface area (Å²) in [6.07, 6.45) is 0. The molecule has 0 aliphatic carbocycles. The monoisotopic (exact) mass is 335 g/mol. The van der Waals surface area contributed by atoms with Crippen molar-refractivity contribution in [1.82, 2.24) is 0 Å². The van der Waals surface area contributed by atoms with Crippen LogP contribution in [0.25, 0.3) is 0 Å². The summed E-state index contributed by atoms with van der Waals surface area (Å²) in [6, 6.07) is 5.63. The molecule has 0 atom stereocenters. The van der Waals surface area contributed by atoms with Crippen LogP contribution >= 0.6 is 22.6 Å². The first-order valence-corrected chi connectivity index (χ1v) is 5.98. The lowest BCUT2D eigenvalue weighted by Gasteiger charge is -2.08. The molecule has 0 saturated carbocycles. The van der Waals surface area contributed by atoms with E-state index in [4.69, 9.17) is 9.47 Å². The highest BCUT2D eigenvalue weighted by Gasteiger charge is 2.03. The summed E-state index contributed by atoms with van der Waals surface area (Å²) in [4.78, 5) is 11.1. The molecule has 0 aromatic heterocycles. The number of rotatable bonds is 5. The van der Waals surface area contributed by atoms with Crippen molar-refractivity contribution in [2.45, 2.75) is 6.92 Å². The Bertz CT molecular complexity index is 368. The number of benzene rings is 1. The van der Waals surface area contributed by atoms with Crippen molar-refractivity contribution >= 4 is 34.2 Å². The van der Waals surface area contributed by atoms with Crippen LogP contribution in [0.4, 0.5) is 5.69 Å². The topological polar surface area (TPSA) is 47.6 Å². The summed E-state index contributed by atoms with van der Waals surface area (Å²) in [5, 5.41) is 2.99. The number of nitrogens with one attached hydrogen (secondary N) is 1. The maximum absolute atomic E-state index is 11.1. The molecule has 0 unspecified atom stereocenters. The van der Waals surface area contributed by atoms with Gasteiger partial charge in [0, 0.05) is 5.69 Å². The minimum Gasteiger partial charge on any atom is -0.496 e. The summed E-state index contributed by atoms with van der Waals surface area (Å²) in [7, 11) is 1.63. The van der Waals surface area contributed by atoms with Crippen LogP contribution in [0.2, 0.25) is 0 Å². The average molecular weight is 335 g/mol. The number of ether oxygens (including phenoxy) is 2. The summed E-state index contributed by atoms with van der Waals surface area (Å²) < 4.78 is 10.9. The smallest absolute Gasteiger partial charge is 0.325 e. The number of carbonyl (C=O) groups is 1. The first-order valence-electron chi connectivity index (χ1n) is 4.90. The molecule has 1 rings (SSSR count). The quantitative estimate of drug-likeness (QED) is 0.663. The number of anilines is 1. The molecule has 88 valence electrons. The zero-order valence-electron chi connectivity index (χ0n) is 9.25. The second-order valence-corrected chi connectivity index (χ2v) is 4.17. The molecule has 4 nitrogen and oxygen atoms in total. The first-order chi connectivity index (χ1) is 7.67. The highest BCUT2D eigenvalue weighted by atomic mass is 127. The molecular weight excluding hydrogens is 321 g/mol. The Hall–Kier alpha value is -0.980. The molecule has 5 heteroatoms. The van der Waals surface area contributed by atoms with Crippen LogP contribution in [0.5, 0.6) is 5.75 Å². The van der Waals surface area contributed by atoms with Crippen molar-refractivity contribution in [2.75, 3.05) is 25.6 Å². The van der Waals surface area contributed by atoms with Crippen LogP contribution in [0.1, 0.15) is 6.92 Å². The molecule has 1 N–H and O–H groups in total. The van der Waals surface area contributed by atoms with Gasteiger partial charge in [-0.2, -0.15) is 0 Å². The standard InChI is InChI=1S/C11H14INO3/c1-3-16-11(14)7-13-8-4-5-10(15-2)9(12)6-8/h4-6,13H,3,7H2,1-2H3. The number of hydrogen-bond donors (Lipinski definition) is 1. The predicted molar refractivity (Wildman–Crippen MR) is 70.8 cm³/mol. The lowest BCUT2D eigenvalue weighted by molar-refractivity contribution is -0.140. The molecule has 0 fully saturated rings. The van der Waals surface area contributed by atoms with Crippen LogP contribution in [-0.2, 0) is 9.53 Å². The number of carbonyl (C=O) groups excluding carboxylic acids is 1. The van der Waals surface area contributed by atoms with Crippen LogP contribution in [-0.4, -0.2) is 26.2 Å². The minimum absolute atomic E-state index is 0.177. The van der Waals surface area contributed by atoms with Gasteiger partial charge >= 0.3 is 5.97 Å². The normalized spacial score (nSPS) is 9.69. The maximum Gasteiger partial charge on any atom is 0.325 e. The van der Waals surface area contributed by atoms with Gasteiger partial charge in [-0.15, -0.1) is 0 Å². The molecule has 0 aliphatic heterocycles. The zero-order chi connectivity index (χ0) is 12.0. The number of halogens is 1. The van der Waals surface area contributed by atoms with Crippen LogP contribution in [0.15, 0.2) is 18.2 Å².